The molecule has 0 heteroatoms. The highest BCUT2D eigenvalue weighted by Crippen LogP contribution is 2.20. The summed E-state index contributed by atoms with van der Waals surface area (Å²) in [6, 6.07) is 12.7. The number of aryl methyl sites for hydroxylation is 1. The molecule has 0 saturated carbocycles. The maximum atomic E-state index is 3.78. The molecule has 0 unspecified atom stereocenters. The maximum Gasteiger partial charge on any atom is -0.0154 e. The Morgan fingerprint density at radius 2 is 1.92 bits per heavy atom. The third-order valence-electron chi connectivity index (χ3n) is 2.33. The lowest BCUT2D eigenvalue weighted by Gasteiger charge is -2.03. The first-order chi connectivity index (χ1) is 6.31. The molecule has 0 aliphatic heterocycles. The number of hydrogen-bond acceptors (Lipinski definition) is 0. The van der Waals surface area contributed by atoms with Crippen molar-refractivity contribution in [2.24, 2.45) is 0 Å². The molecule has 13 heavy (non-hydrogen) atoms. The van der Waals surface area contributed by atoms with Crippen LogP contribution in [0.2, 0.25) is 0 Å². The standard InChI is InChI=1S/C13H12/c1-3-11-8-10(2)13-7-5-4-6-12(13)9-11/h3-9H,1H2,2H3. The van der Waals surface area contributed by atoms with E-state index in [0.717, 1.165) is 0 Å². The fourth-order valence-corrected chi connectivity index (χ4v) is 1.65. The molecule has 0 bridgehead atoms. The Kier molecular flexibility index (Phi) is 1.90. The first-order valence-electron chi connectivity index (χ1n) is 4.43. The average Bonchev–Trinajstić information content (AvgIpc) is 2.18. The van der Waals surface area contributed by atoms with Gasteiger partial charge in [0.05, 0.1) is 0 Å². The molecule has 2 aromatic carbocycles. The second-order valence-corrected chi connectivity index (χ2v) is 3.26. The normalized spacial score (nSPS) is 10.2. The summed E-state index contributed by atoms with van der Waals surface area (Å²) in [5.41, 5.74) is 2.50. The van der Waals surface area contributed by atoms with E-state index in [0.29, 0.717) is 0 Å². The summed E-state index contributed by atoms with van der Waals surface area (Å²) in [5, 5.41) is 2.62. The molecule has 0 aliphatic carbocycles. The van der Waals surface area contributed by atoms with Crippen molar-refractivity contribution in [3.8, 4) is 0 Å². The SMILES string of the molecule is C=Cc1cc(C)c2ccccc2c1. The van der Waals surface area contributed by atoms with Crippen LogP contribution in [0.3, 0.4) is 0 Å². The van der Waals surface area contributed by atoms with Crippen LogP contribution in [0.25, 0.3) is 16.8 Å². The van der Waals surface area contributed by atoms with E-state index in [4.69, 9.17) is 0 Å². The summed E-state index contributed by atoms with van der Waals surface area (Å²) in [6.07, 6.45) is 1.89. The Balaban J connectivity index is 2.84. The van der Waals surface area contributed by atoms with Gasteiger partial charge in [-0.2, -0.15) is 0 Å². The summed E-state index contributed by atoms with van der Waals surface area (Å²) in [4.78, 5) is 0. The van der Waals surface area contributed by atoms with Crippen LogP contribution in [0.15, 0.2) is 43.0 Å². The number of hydrogen-bond donors (Lipinski definition) is 0. The first kappa shape index (κ1) is 8.06. The lowest BCUT2D eigenvalue weighted by Crippen LogP contribution is -1.80. The second kappa shape index (κ2) is 3.06. The van der Waals surface area contributed by atoms with Gasteiger partial charge in [0.2, 0.25) is 0 Å². The van der Waals surface area contributed by atoms with Gasteiger partial charge in [0.25, 0.3) is 0 Å². The van der Waals surface area contributed by atoms with Gasteiger partial charge in [-0.1, -0.05) is 43.0 Å². The smallest absolute Gasteiger partial charge is 0.0154 e. The minimum Gasteiger partial charge on any atom is -0.0985 e. The van der Waals surface area contributed by atoms with E-state index < -0.39 is 0 Å². The van der Waals surface area contributed by atoms with Crippen molar-refractivity contribution < 1.29 is 0 Å². The second-order valence-electron chi connectivity index (χ2n) is 3.26. The number of fused-ring (bicyclic) bond motifs is 1. The topological polar surface area (TPSA) is 0 Å². The summed E-state index contributed by atoms with van der Waals surface area (Å²) in [7, 11) is 0. The predicted molar refractivity (Wildman–Crippen MR) is 58.8 cm³/mol. The van der Waals surface area contributed by atoms with Crippen LogP contribution in [0.1, 0.15) is 11.1 Å². The van der Waals surface area contributed by atoms with Gasteiger partial charge < -0.3 is 0 Å². The van der Waals surface area contributed by atoms with E-state index in [1.165, 1.54) is 21.9 Å². The van der Waals surface area contributed by atoms with E-state index in [1.807, 2.05) is 6.08 Å². The van der Waals surface area contributed by atoms with Gasteiger partial charge in [-0.05, 0) is 34.9 Å². The van der Waals surface area contributed by atoms with Crippen molar-refractivity contribution in [1.29, 1.82) is 0 Å². The first-order valence-corrected chi connectivity index (χ1v) is 4.43. The molecule has 0 aromatic heterocycles. The molecule has 0 spiro atoms. The molecule has 64 valence electrons. The minimum absolute atomic E-state index is 1.19. The van der Waals surface area contributed by atoms with Gasteiger partial charge in [-0.3, -0.25) is 0 Å². The van der Waals surface area contributed by atoms with Gasteiger partial charge in [-0.15, -0.1) is 0 Å². The largest absolute Gasteiger partial charge is 0.0985 e. The van der Waals surface area contributed by atoms with Crippen LogP contribution in [0.4, 0.5) is 0 Å². The zero-order valence-electron chi connectivity index (χ0n) is 7.75. The lowest BCUT2D eigenvalue weighted by atomic mass is 10.0. The Morgan fingerprint density at radius 1 is 1.15 bits per heavy atom. The van der Waals surface area contributed by atoms with Gasteiger partial charge in [0, 0.05) is 0 Å². The summed E-state index contributed by atoms with van der Waals surface area (Å²) >= 11 is 0. The molecule has 0 radical (unpaired) electrons. The maximum absolute atomic E-state index is 3.78. The highest BCUT2D eigenvalue weighted by atomic mass is 14.0. The van der Waals surface area contributed by atoms with Crippen LogP contribution in [-0.2, 0) is 0 Å². The summed E-state index contributed by atoms with van der Waals surface area (Å²) in [6.45, 7) is 5.91. The van der Waals surface area contributed by atoms with E-state index in [9.17, 15) is 0 Å². The zero-order chi connectivity index (χ0) is 9.26. The Morgan fingerprint density at radius 3 is 2.69 bits per heavy atom. The molecule has 0 nitrogen and oxygen atoms in total. The molecule has 2 rings (SSSR count). The van der Waals surface area contributed by atoms with Gasteiger partial charge >= 0.3 is 0 Å². The molecule has 2 aromatic rings. The molecule has 0 atom stereocenters. The van der Waals surface area contributed by atoms with E-state index in [-0.39, 0.29) is 0 Å². The zero-order valence-corrected chi connectivity index (χ0v) is 7.75. The van der Waals surface area contributed by atoms with Crippen LogP contribution < -0.4 is 0 Å². The summed E-state index contributed by atoms with van der Waals surface area (Å²) < 4.78 is 0. The Hall–Kier alpha value is -1.56. The Labute approximate surface area is 78.5 Å². The van der Waals surface area contributed by atoms with Crippen molar-refractivity contribution in [2.45, 2.75) is 6.92 Å². The van der Waals surface area contributed by atoms with Gasteiger partial charge in [0.1, 0.15) is 0 Å². The number of rotatable bonds is 1. The van der Waals surface area contributed by atoms with Crippen LogP contribution in [0.5, 0.6) is 0 Å². The van der Waals surface area contributed by atoms with Crippen LogP contribution >= 0.6 is 0 Å². The van der Waals surface area contributed by atoms with Crippen molar-refractivity contribution >= 4 is 16.8 Å². The van der Waals surface area contributed by atoms with Crippen LogP contribution in [-0.4, -0.2) is 0 Å². The average molecular weight is 168 g/mol. The third-order valence-corrected chi connectivity index (χ3v) is 2.33. The summed E-state index contributed by atoms with van der Waals surface area (Å²) in [5.74, 6) is 0. The molecule has 0 aliphatic rings. The quantitative estimate of drug-likeness (QED) is 0.607. The minimum atomic E-state index is 1.19. The molecular formula is C13H12. The van der Waals surface area contributed by atoms with Gasteiger partial charge in [-0.25, -0.2) is 0 Å². The Bertz CT molecular complexity index is 453. The lowest BCUT2D eigenvalue weighted by molar-refractivity contribution is 1.52. The van der Waals surface area contributed by atoms with Crippen LogP contribution in [0, 0.1) is 6.92 Å². The van der Waals surface area contributed by atoms with Crippen molar-refractivity contribution in [2.75, 3.05) is 0 Å². The van der Waals surface area contributed by atoms with E-state index in [2.05, 4.69) is 49.9 Å². The van der Waals surface area contributed by atoms with E-state index >= 15 is 0 Å². The van der Waals surface area contributed by atoms with Gasteiger partial charge in [0.15, 0.2) is 0 Å². The molecular weight excluding hydrogens is 156 g/mol. The van der Waals surface area contributed by atoms with Crippen molar-refractivity contribution in [3.05, 3.63) is 54.1 Å². The van der Waals surface area contributed by atoms with Crippen molar-refractivity contribution in [3.63, 3.8) is 0 Å². The molecule has 0 saturated heterocycles. The monoisotopic (exact) mass is 168 g/mol. The third kappa shape index (κ3) is 1.35. The van der Waals surface area contributed by atoms with Crippen molar-refractivity contribution in [1.82, 2.24) is 0 Å². The molecule has 0 fully saturated rings. The fourth-order valence-electron chi connectivity index (χ4n) is 1.65. The predicted octanol–water partition coefficient (Wildman–Crippen LogP) is 3.79. The highest BCUT2D eigenvalue weighted by Gasteiger charge is 1.96. The molecule has 0 heterocycles. The molecule has 0 amide bonds. The molecule has 0 N–H and O–H groups in total. The highest BCUT2D eigenvalue weighted by molar-refractivity contribution is 5.87. The van der Waals surface area contributed by atoms with E-state index in [1.54, 1.807) is 0 Å². The number of benzene rings is 2. The fraction of sp³-hybridized carbons (Fsp3) is 0.0769.